The van der Waals surface area contributed by atoms with Gasteiger partial charge < -0.3 is 9.80 Å². The van der Waals surface area contributed by atoms with Crippen LogP contribution in [0.3, 0.4) is 0 Å². The number of amides is 1. The summed E-state index contributed by atoms with van der Waals surface area (Å²) in [6, 6.07) is 14.3. The molecule has 2 aromatic carbocycles. The number of aromatic nitrogens is 2. The average Bonchev–Trinajstić information content (AvgIpc) is 3.00. The van der Waals surface area contributed by atoms with E-state index < -0.39 is 11.4 Å². The Morgan fingerprint density at radius 3 is 2.30 bits per heavy atom. The molecule has 6 nitrogen and oxygen atoms in total. The standard InChI is InChI=1S/C23H27FN4O2/c1-23(2,3)28-22(30)19-10-9-17(24)15-20(19)27(28)16-21(29)26-13-11-25(12-14-26)18-7-5-4-6-8-18/h4-10,15H,11-14,16H2,1-3H3. The molecular weight excluding hydrogens is 383 g/mol. The fraction of sp³-hybridized carbons (Fsp3) is 0.391. The molecule has 0 N–H and O–H groups in total. The van der Waals surface area contributed by atoms with E-state index in [1.807, 2.05) is 43.9 Å². The molecule has 158 valence electrons. The molecule has 1 aliphatic heterocycles. The highest BCUT2D eigenvalue weighted by atomic mass is 19.1. The van der Waals surface area contributed by atoms with E-state index in [9.17, 15) is 14.0 Å². The van der Waals surface area contributed by atoms with Crippen molar-refractivity contribution in [1.82, 2.24) is 14.3 Å². The molecule has 1 aromatic heterocycles. The van der Waals surface area contributed by atoms with Crippen LogP contribution in [-0.4, -0.2) is 46.3 Å². The smallest absolute Gasteiger partial charge is 0.275 e. The molecular formula is C23H27FN4O2. The van der Waals surface area contributed by atoms with E-state index in [0.29, 0.717) is 24.0 Å². The predicted octanol–water partition coefficient (Wildman–Crippen LogP) is 3.05. The average molecular weight is 410 g/mol. The second kappa shape index (κ2) is 7.63. The molecule has 0 saturated carbocycles. The van der Waals surface area contributed by atoms with Crippen LogP contribution in [0.4, 0.5) is 10.1 Å². The predicted molar refractivity (Wildman–Crippen MR) is 116 cm³/mol. The van der Waals surface area contributed by atoms with E-state index in [-0.39, 0.29) is 18.0 Å². The normalized spacial score (nSPS) is 15.1. The first-order valence-electron chi connectivity index (χ1n) is 10.2. The molecule has 0 unspecified atom stereocenters. The van der Waals surface area contributed by atoms with Gasteiger partial charge in [-0.2, -0.15) is 0 Å². The quantitative estimate of drug-likeness (QED) is 0.667. The lowest BCUT2D eigenvalue weighted by Gasteiger charge is -2.36. The van der Waals surface area contributed by atoms with Gasteiger partial charge in [-0.25, -0.2) is 9.07 Å². The van der Waals surface area contributed by atoms with E-state index in [4.69, 9.17) is 0 Å². The van der Waals surface area contributed by atoms with Gasteiger partial charge in [0.1, 0.15) is 12.4 Å². The Bertz CT molecular complexity index is 1120. The van der Waals surface area contributed by atoms with Gasteiger partial charge in [-0.1, -0.05) is 18.2 Å². The number of carbonyl (C=O) groups is 1. The molecule has 30 heavy (non-hydrogen) atoms. The number of para-hydroxylation sites is 1. The van der Waals surface area contributed by atoms with Crippen molar-refractivity contribution in [2.24, 2.45) is 0 Å². The molecule has 1 saturated heterocycles. The van der Waals surface area contributed by atoms with E-state index in [2.05, 4.69) is 17.0 Å². The summed E-state index contributed by atoms with van der Waals surface area (Å²) in [7, 11) is 0. The number of carbonyl (C=O) groups excluding carboxylic acids is 1. The largest absolute Gasteiger partial charge is 0.368 e. The number of hydrogen-bond acceptors (Lipinski definition) is 3. The molecule has 4 rings (SSSR count). The van der Waals surface area contributed by atoms with Gasteiger partial charge in [0.25, 0.3) is 5.56 Å². The number of fused-ring (bicyclic) bond motifs is 1. The van der Waals surface area contributed by atoms with Crippen LogP contribution in [0.2, 0.25) is 0 Å². The number of anilines is 1. The zero-order valence-corrected chi connectivity index (χ0v) is 17.6. The summed E-state index contributed by atoms with van der Waals surface area (Å²) in [5.74, 6) is -0.492. The van der Waals surface area contributed by atoms with Crippen LogP contribution in [-0.2, 0) is 16.9 Å². The Morgan fingerprint density at radius 1 is 1.00 bits per heavy atom. The second-order valence-corrected chi connectivity index (χ2v) is 8.71. The third kappa shape index (κ3) is 3.72. The maximum Gasteiger partial charge on any atom is 0.275 e. The lowest BCUT2D eigenvalue weighted by molar-refractivity contribution is -0.132. The minimum absolute atomic E-state index is 0.00476. The Kier molecular flexibility index (Phi) is 5.13. The molecule has 0 aliphatic carbocycles. The third-order valence-electron chi connectivity index (χ3n) is 5.58. The number of nitrogens with zero attached hydrogens (tertiary/aromatic N) is 4. The van der Waals surface area contributed by atoms with E-state index >= 15 is 0 Å². The summed E-state index contributed by atoms with van der Waals surface area (Å²) in [6.07, 6.45) is 0. The van der Waals surface area contributed by atoms with Crippen molar-refractivity contribution in [3.63, 3.8) is 0 Å². The SMILES string of the molecule is CC(C)(C)n1c(=O)c2ccc(F)cc2n1CC(=O)N1CCN(c2ccccc2)CC1. The van der Waals surface area contributed by atoms with Crippen molar-refractivity contribution >= 4 is 22.5 Å². The molecule has 0 atom stereocenters. The van der Waals surface area contributed by atoms with Gasteiger partial charge in [0.15, 0.2) is 0 Å². The van der Waals surface area contributed by atoms with Crippen LogP contribution >= 0.6 is 0 Å². The van der Waals surface area contributed by atoms with Gasteiger partial charge >= 0.3 is 0 Å². The van der Waals surface area contributed by atoms with Gasteiger partial charge in [-0.3, -0.25) is 14.3 Å². The van der Waals surface area contributed by atoms with E-state index in [0.717, 1.165) is 18.8 Å². The molecule has 0 radical (unpaired) electrons. The number of rotatable bonds is 3. The Labute approximate surface area is 175 Å². The van der Waals surface area contributed by atoms with Gasteiger partial charge in [0, 0.05) is 31.9 Å². The van der Waals surface area contributed by atoms with Crippen LogP contribution in [0.5, 0.6) is 0 Å². The van der Waals surface area contributed by atoms with Crippen molar-refractivity contribution in [3.8, 4) is 0 Å². The van der Waals surface area contributed by atoms with Crippen molar-refractivity contribution < 1.29 is 9.18 Å². The Hall–Kier alpha value is -3.09. The number of halogens is 1. The lowest BCUT2D eigenvalue weighted by Crippen LogP contribution is -2.50. The van der Waals surface area contributed by atoms with Crippen molar-refractivity contribution in [1.29, 1.82) is 0 Å². The second-order valence-electron chi connectivity index (χ2n) is 8.71. The van der Waals surface area contributed by atoms with Crippen LogP contribution in [0.15, 0.2) is 53.3 Å². The zero-order chi connectivity index (χ0) is 21.5. The molecule has 0 bridgehead atoms. The molecule has 2 heterocycles. The van der Waals surface area contributed by atoms with Crippen LogP contribution in [0, 0.1) is 5.82 Å². The van der Waals surface area contributed by atoms with E-state index in [1.54, 1.807) is 9.36 Å². The molecule has 1 amide bonds. The summed E-state index contributed by atoms with van der Waals surface area (Å²) in [5, 5.41) is 0.424. The van der Waals surface area contributed by atoms with Crippen molar-refractivity contribution in [3.05, 3.63) is 64.7 Å². The summed E-state index contributed by atoms with van der Waals surface area (Å²) < 4.78 is 17.1. The summed E-state index contributed by atoms with van der Waals surface area (Å²) in [4.78, 5) is 30.1. The van der Waals surface area contributed by atoms with Crippen LogP contribution < -0.4 is 10.5 Å². The number of hydrogen-bond donors (Lipinski definition) is 0. The zero-order valence-electron chi connectivity index (χ0n) is 17.6. The first kappa shape index (κ1) is 20.2. The highest BCUT2D eigenvalue weighted by molar-refractivity contribution is 5.82. The molecule has 3 aromatic rings. The number of benzene rings is 2. The summed E-state index contributed by atoms with van der Waals surface area (Å²) in [5.41, 5.74) is 0.849. The van der Waals surface area contributed by atoms with Crippen molar-refractivity contribution in [2.75, 3.05) is 31.1 Å². The minimum Gasteiger partial charge on any atom is -0.368 e. The Balaban J connectivity index is 1.58. The third-order valence-corrected chi connectivity index (χ3v) is 5.58. The highest BCUT2D eigenvalue weighted by Gasteiger charge is 2.27. The van der Waals surface area contributed by atoms with Gasteiger partial charge in [-0.05, 0) is 51.1 Å². The first-order valence-corrected chi connectivity index (χ1v) is 10.2. The monoisotopic (exact) mass is 410 g/mol. The molecule has 1 fully saturated rings. The van der Waals surface area contributed by atoms with Gasteiger partial charge in [-0.15, -0.1) is 0 Å². The number of piperazine rings is 1. The lowest BCUT2D eigenvalue weighted by atomic mass is 10.1. The summed E-state index contributed by atoms with van der Waals surface area (Å²) >= 11 is 0. The topological polar surface area (TPSA) is 50.5 Å². The fourth-order valence-electron chi connectivity index (χ4n) is 4.13. The molecule has 7 heteroatoms. The van der Waals surface area contributed by atoms with Crippen LogP contribution in [0.25, 0.3) is 10.9 Å². The highest BCUT2D eigenvalue weighted by Crippen LogP contribution is 2.21. The fourth-order valence-corrected chi connectivity index (χ4v) is 4.13. The minimum atomic E-state index is -0.543. The molecule has 1 aliphatic rings. The maximum absolute atomic E-state index is 13.9. The first-order chi connectivity index (χ1) is 14.3. The van der Waals surface area contributed by atoms with Crippen LogP contribution in [0.1, 0.15) is 20.8 Å². The molecule has 0 spiro atoms. The van der Waals surface area contributed by atoms with Gasteiger partial charge in [0.2, 0.25) is 5.91 Å². The summed E-state index contributed by atoms with van der Waals surface area (Å²) in [6.45, 7) is 8.45. The van der Waals surface area contributed by atoms with Crippen molar-refractivity contribution in [2.45, 2.75) is 32.9 Å². The van der Waals surface area contributed by atoms with Gasteiger partial charge in [0.05, 0.1) is 16.4 Å². The van der Waals surface area contributed by atoms with E-state index in [1.165, 1.54) is 18.2 Å². The Morgan fingerprint density at radius 2 is 1.67 bits per heavy atom. The maximum atomic E-state index is 13.9.